The van der Waals surface area contributed by atoms with Crippen LogP contribution in [0.5, 0.6) is 5.75 Å². The molecule has 156 valence electrons. The van der Waals surface area contributed by atoms with Crippen LogP contribution in [0.3, 0.4) is 0 Å². The van der Waals surface area contributed by atoms with E-state index in [1.807, 2.05) is 0 Å². The molecule has 0 spiro atoms. The number of carbonyl (C=O) groups excluding carboxylic acids is 1. The van der Waals surface area contributed by atoms with E-state index in [4.69, 9.17) is 21.1 Å². The fraction of sp³-hybridized carbons (Fsp3) is 0.353. The molecule has 0 unspecified atom stereocenters. The van der Waals surface area contributed by atoms with Crippen molar-refractivity contribution in [2.75, 3.05) is 6.61 Å². The molecule has 3 rings (SSSR count). The number of benzene rings is 1. The summed E-state index contributed by atoms with van der Waals surface area (Å²) in [6, 6.07) is 1.57. The normalized spacial score (nSPS) is 14.0. The highest BCUT2D eigenvalue weighted by atomic mass is 35.5. The Kier molecular flexibility index (Phi) is 5.44. The fourth-order valence-electron chi connectivity index (χ4n) is 2.48. The minimum Gasteiger partial charge on any atom is -0.434 e. The molecular weight excluding hydrogens is 424 g/mol. The van der Waals surface area contributed by atoms with Crippen molar-refractivity contribution in [3.05, 3.63) is 55.6 Å². The standard InChI is InChI=1S/C17H13ClF4N2O5/c1-23-13(17(20,21)22)6-14(25)24(15(23)26)11-5-12(9(18)4-10(11)19)29-16(27)28-7-8-2-3-8/h4-6,8H,2-3,7H2,1H3. The smallest absolute Gasteiger partial charge is 0.434 e. The molecule has 0 amide bonds. The molecule has 0 saturated heterocycles. The van der Waals surface area contributed by atoms with Crippen LogP contribution in [0.4, 0.5) is 22.4 Å². The highest BCUT2D eigenvalue weighted by Gasteiger charge is 2.35. The highest BCUT2D eigenvalue weighted by Crippen LogP contribution is 2.31. The van der Waals surface area contributed by atoms with Crippen molar-refractivity contribution in [3.8, 4) is 11.4 Å². The Bertz CT molecular complexity index is 1090. The molecule has 29 heavy (non-hydrogen) atoms. The molecule has 7 nitrogen and oxygen atoms in total. The van der Waals surface area contributed by atoms with Crippen molar-refractivity contribution < 1.29 is 31.8 Å². The number of halogens is 5. The van der Waals surface area contributed by atoms with Gasteiger partial charge in [-0.3, -0.25) is 9.36 Å². The molecule has 0 N–H and O–H groups in total. The van der Waals surface area contributed by atoms with E-state index in [-0.39, 0.29) is 32.7 Å². The van der Waals surface area contributed by atoms with Crippen LogP contribution < -0.4 is 16.0 Å². The van der Waals surface area contributed by atoms with Gasteiger partial charge in [-0.05, 0) is 24.8 Å². The van der Waals surface area contributed by atoms with Gasteiger partial charge in [0.15, 0.2) is 5.75 Å². The molecule has 0 aliphatic heterocycles. The van der Waals surface area contributed by atoms with E-state index in [2.05, 4.69) is 0 Å². The average Bonchev–Trinajstić information content (AvgIpc) is 3.43. The Balaban J connectivity index is 2.02. The summed E-state index contributed by atoms with van der Waals surface area (Å²) in [5, 5.41) is -0.369. The molecule has 1 aromatic carbocycles. The summed E-state index contributed by atoms with van der Waals surface area (Å²) in [5.41, 5.74) is -5.12. The maximum absolute atomic E-state index is 14.4. The molecule has 1 heterocycles. The molecule has 1 aliphatic carbocycles. The zero-order valence-corrected chi connectivity index (χ0v) is 15.5. The third-order valence-electron chi connectivity index (χ3n) is 4.18. The van der Waals surface area contributed by atoms with Crippen LogP contribution >= 0.6 is 11.6 Å². The third kappa shape index (κ3) is 4.44. The molecule has 12 heteroatoms. The first-order valence-corrected chi connectivity index (χ1v) is 8.61. The van der Waals surface area contributed by atoms with E-state index in [1.165, 1.54) is 0 Å². The van der Waals surface area contributed by atoms with Gasteiger partial charge in [0.25, 0.3) is 5.56 Å². The molecular formula is C17H13ClF4N2O5. The summed E-state index contributed by atoms with van der Waals surface area (Å²) in [5.74, 6) is -1.37. The number of carbonyl (C=O) groups is 1. The third-order valence-corrected chi connectivity index (χ3v) is 4.48. The van der Waals surface area contributed by atoms with Gasteiger partial charge in [0.05, 0.1) is 17.3 Å². The molecule has 1 fully saturated rings. The lowest BCUT2D eigenvalue weighted by Crippen LogP contribution is -2.41. The lowest BCUT2D eigenvalue weighted by molar-refractivity contribution is -0.144. The maximum atomic E-state index is 14.4. The maximum Gasteiger partial charge on any atom is 0.513 e. The summed E-state index contributed by atoms with van der Waals surface area (Å²) in [7, 11) is 0.779. The lowest BCUT2D eigenvalue weighted by atomic mass is 10.2. The minimum absolute atomic E-state index is 0.128. The highest BCUT2D eigenvalue weighted by molar-refractivity contribution is 6.32. The lowest BCUT2D eigenvalue weighted by Gasteiger charge is -2.15. The van der Waals surface area contributed by atoms with Crippen LogP contribution in [0.2, 0.25) is 5.02 Å². The number of nitrogens with zero attached hydrogens (tertiary/aromatic N) is 2. The molecule has 0 bridgehead atoms. The van der Waals surface area contributed by atoms with Crippen molar-refractivity contribution in [1.29, 1.82) is 0 Å². The first-order valence-electron chi connectivity index (χ1n) is 8.23. The monoisotopic (exact) mass is 436 g/mol. The van der Waals surface area contributed by atoms with E-state index in [0.717, 1.165) is 26.0 Å². The van der Waals surface area contributed by atoms with Crippen LogP contribution in [-0.4, -0.2) is 21.9 Å². The number of aromatic nitrogens is 2. The second-order valence-electron chi connectivity index (χ2n) is 6.38. The number of ether oxygens (including phenoxy) is 2. The Morgan fingerprint density at radius 3 is 2.48 bits per heavy atom. The molecule has 1 aliphatic rings. The van der Waals surface area contributed by atoms with Crippen LogP contribution in [0.25, 0.3) is 5.69 Å². The Morgan fingerprint density at radius 2 is 1.90 bits per heavy atom. The van der Waals surface area contributed by atoms with Crippen molar-refractivity contribution in [3.63, 3.8) is 0 Å². The van der Waals surface area contributed by atoms with Crippen molar-refractivity contribution in [2.45, 2.75) is 19.0 Å². The summed E-state index contributed by atoms with van der Waals surface area (Å²) < 4.78 is 63.2. The van der Waals surface area contributed by atoms with Gasteiger partial charge >= 0.3 is 18.0 Å². The van der Waals surface area contributed by atoms with Gasteiger partial charge in [0.2, 0.25) is 0 Å². The first-order chi connectivity index (χ1) is 13.5. The van der Waals surface area contributed by atoms with Crippen LogP contribution in [-0.2, 0) is 18.0 Å². The summed E-state index contributed by atoms with van der Waals surface area (Å²) in [6.07, 6.45) is -4.28. The molecule has 0 radical (unpaired) electrons. The van der Waals surface area contributed by atoms with E-state index in [0.29, 0.717) is 6.07 Å². The number of hydrogen-bond acceptors (Lipinski definition) is 5. The van der Waals surface area contributed by atoms with Crippen molar-refractivity contribution in [2.24, 2.45) is 13.0 Å². The van der Waals surface area contributed by atoms with Gasteiger partial charge in [-0.1, -0.05) is 11.6 Å². The Labute approximate surface area is 165 Å². The second kappa shape index (κ2) is 7.54. The summed E-state index contributed by atoms with van der Waals surface area (Å²) in [6.45, 7) is 0.128. The molecule has 1 saturated carbocycles. The predicted octanol–water partition coefficient (Wildman–Crippen LogP) is 3.27. The van der Waals surface area contributed by atoms with Gasteiger partial charge in [0, 0.05) is 19.2 Å². The quantitative estimate of drug-likeness (QED) is 0.417. The topological polar surface area (TPSA) is 79.5 Å². The van der Waals surface area contributed by atoms with Crippen LogP contribution in [0, 0.1) is 11.7 Å². The van der Waals surface area contributed by atoms with E-state index >= 15 is 0 Å². The zero-order valence-electron chi connectivity index (χ0n) is 14.8. The summed E-state index contributed by atoms with van der Waals surface area (Å²) in [4.78, 5) is 36.2. The van der Waals surface area contributed by atoms with E-state index in [1.54, 1.807) is 0 Å². The number of hydrogen-bond donors (Lipinski definition) is 0. The minimum atomic E-state index is -4.97. The van der Waals surface area contributed by atoms with Crippen LogP contribution in [0.15, 0.2) is 27.8 Å². The number of alkyl halides is 3. The van der Waals surface area contributed by atoms with Gasteiger partial charge in [-0.25, -0.2) is 18.5 Å². The van der Waals surface area contributed by atoms with Gasteiger partial charge in [0.1, 0.15) is 11.5 Å². The molecule has 1 aromatic heterocycles. The van der Waals surface area contributed by atoms with Gasteiger partial charge in [-0.15, -0.1) is 0 Å². The van der Waals surface area contributed by atoms with E-state index < -0.39 is 46.5 Å². The average molecular weight is 437 g/mol. The molecule has 0 atom stereocenters. The van der Waals surface area contributed by atoms with Gasteiger partial charge < -0.3 is 9.47 Å². The SMILES string of the molecule is Cn1c(C(F)(F)F)cc(=O)n(-c2cc(OC(=O)OCC3CC3)c(Cl)cc2F)c1=O. The molecule has 2 aromatic rings. The van der Waals surface area contributed by atoms with Crippen molar-refractivity contribution in [1.82, 2.24) is 9.13 Å². The zero-order chi connectivity index (χ0) is 21.5. The Morgan fingerprint density at radius 1 is 1.24 bits per heavy atom. The number of rotatable bonds is 4. The van der Waals surface area contributed by atoms with Gasteiger partial charge in [-0.2, -0.15) is 13.2 Å². The fourth-order valence-corrected chi connectivity index (χ4v) is 2.67. The largest absolute Gasteiger partial charge is 0.513 e. The Hall–Kier alpha value is -2.82. The van der Waals surface area contributed by atoms with E-state index in [9.17, 15) is 31.9 Å². The second-order valence-corrected chi connectivity index (χ2v) is 6.79. The summed E-state index contributed by atoms with van der Waals surface area (Å²) >= 11 is 5.81. The van der Waals surface area contributed by atoms with Crippen LogP contribution in [0.1, 0.15) is 18.5 Å². The first kappa shape index (κ1) is 20.9. The predicted molar refractivity (Wildman–Crippen MR) is 92.0 cm³/mol. The van der Waals surface area contributed by atoms with Crippen molar-refractivity contribution >= 4 is 17.8 Å².